The topological polar surface area (TPSA) is 49.4 Å². The van der Waals surface area contributed by atoms with Crippen LogP contribution in [0.15, 0.2) is 66.2 Å². The summed E-state index contributed by atoms with van der Waals surface area (Å²) in [6.45, 7) is 3.19. The second-order valence-electron chi connectivity index (χ2n) is 7.08. The second kappa shape index (κ2) is 9.88. The van der Waals surface area contributed by atoms with Crippen molar-refractivity contribution in [3.05, 3.63) is 77.4 Å². The van der Waals surface area contributed by atoms with E-state index in [0.29, 0.717) is 24.2 Å². The normalized spacial score (nSPS) is 13.5. The molecule has 2 amide bonds. The maximum absolute atomic E-state index is 12.8. The van der Waals surface area contributed by atoms with E-state index in [1.807, 2.05) is 37.3 Å². The Morgan fingerprint density at radius 3 is 2.32 bits per heavy atom. The lowest BCUT2D eigenvalue weighted by molar-refractivity contribution is 0.0950. The van der Waals surface area contributed by atoms with E-state index in [9.17, 15) is 9.59 Å². The number of benzene rings is 2. The zero-order valence-electron chi connectivity index (χ0n) is 16.5. The monoisotopic (exact) mass is 376 g/mol. The highest BCUT2D eigenvalue weighted by Gasteiger charge is 2.16. The van der Waals surface area contributed by atoms with E-state index in [2.05, 4.69) is 11.4 Å². The molecule has 2 aromatic rings. The molecular formula is C24H28N2O2. The van der Waals surface area contributed by atoms with Gasteiger partial charge in [-0.25, -0.2) is 0 Å². The number of rotatable bonds is 7. The first-order valence-electron chi connectivity index (χ1n) is 10.1. The lowest BCUT2D eigenvalue weighted by Crippen LogP contribution is -2.30. The first-order valence-corrected chi connectivity index (χ1v) is 10.1. The predicted octanol–water partition coefficient (Wildman–Crippen LogP) is 4.97. The fraction of sp³-hybridized carbons (Fsp3) is 0.333. The number of carbonyl (C=O) groups is 2. The fourth-order valence-corrected chi connectivity index (χ4v) is 3.54. The van der Waals surface area contributed by atoms with Gasteiger partial charge in [-0.3, -0.25) is 9.59 Å². The number of nitrogens with zero attached hydrogens (tertiary/aromatic N) is 1. The van der Waals surface area contributed by atoms with Crippen molar-refractivity contribution in [1.29, 1.82) is 0 Å². The molecule has 0 saturated heterocycles. The molecule has 0 unspecified atom stereocenters. The van der Waals surface area contributed by atoms with E-state index < -0.39 is 0 Å². The lowest BCUT2D eigenvalue weighted by atomic mass is 9.97. The summed E-state index contributed by atoms with van der Waals surface area (Å²) in [5.41, 5.74) is 3.48. The van der Waals surface area contributed by atoms with Crippen molar-refractivity contribution in [3.8, 4) is 0 Å². The van der Waals surface area contributed by atoms with Crippen LogP contribution in [0, 0.1) is 0 Å². The number of anilines is 1. The largest absolute Gasteiger partial charge is 0.352 e. The van der Waals surface area contributed by atoms with Gasteiger partial charge in [0.05, 0.1) is 0 Å². The zero-order chi connectivity index (χ0) is 19.8. The van der Waals surface area contributed by atoms with Crippen molar-refractivity contribution in [3.63, 3.8) is 0 Å². The Morgan fingerprint density at radius 2 is 1.68 bits per heavy atom. The molecule has 0 radical (unpaired) electrons. The van der Waals surface area contributed by atoms with Crippen molar-refractivity contribution < 1.29 is 9.59 Å². The Bertz CT molecular complexity index is 825. The summed E-state index contributed by atoms with van der Waals surface area (Å²) < 4.78 is 0. The van der Waals surface area contributed by atoms with Crippen LogP contribution in [0.5, 0.6) is 0 Å². The molecular weight excluding hydrogens is 348 g/mol. The number of allylic oxidation sites excluding steroid dienone is 1. The minimum absolute atomic E-state index is 0.0649. The van der Waals surface area contributed by atoms with Gasteiger partial charge in [0.15, 0.2) is 0 Å². The third kappa shape index (κ3) is 5.10. The van der Waals surface area contributed by atoms with Crippen LogP contribution in [-0.4, -0.2) is 24.9 Å². The molecule has 0 aliphatic heterocycles. The highest BCUT2D eigenvalue weighted by atomic mass is 16.2. The average molecular weight is 377 g/mol. The third-order valence-corrected chi connectivity index (χ3v) is 5.14. The van der Waals surface area contributed by atoms with Crippen molar-refractivity contribution in [2.45, 2.75) is 39.0 Å². The van der Waals surface area contributed by atoms with Gasteiger partial charge in [-0.05, 0) is 75.4 Å². The molecule has 146 valence electrons. The summed E-state index contributed by atoms with van der Waals surface area (Å²) in [5.74, 6) is -0.157. The SMILES string of the molecule is CCN(C(=O)c1ccc(C(=O)NCCC2=CCCCC2)cc1)c1ccccc1. The fourth-order valence-electron chi connectivity index (χ4n) is 3.54. The molecule has 0 fully saturated rings. The van der Waals surface area contributed by atoms with Crippen LogP contribution in [0.1, 0.15) is 59.7 Å². The molecule has 0 atom stereocenters. The van der Waals surface area contributed by atoms with E-state index in [4.69, 9.17) is 0 Å². The Labute approximate surface area is 167 Å². The molecule has 1 aliphatic rings. The number of hydrogen-bond donors (Lipinski definition) is 1. The van der Waals surface area contributed by atoms with E-state index in [-0.39, 0.29) is 11.8 Å². The number of carbonyl (C=O) groups excluding carboxylic acids is 2. The van der Waals surface area contributed by atoms with Crippen LogP contribution in [0.25, 0.3) is 0 Å². The van der Waals surface area contributed by atoms with Crippen LogP contribution in [0.4, 0.5) is 5.69 Å². The smallest absolute Gasteiger partial charge is 0.258 e. The van der Waals surface area contributed by atoms with Crippen LogP contribution < -0.4 is 10.2 Å². The van der Waals surface area contributed by atoms with Gasteiger partial charge in [0.2, 0.25) is 0 Å². The van der Waals surface area contributed by atoms with Crippen molar-refractivity contribution in [2.75, 3.05) is 18.0 Å². The summed E-state index contributed by atoms with van der Waals surface area (Å²) in [5, 5.41) is 2.98. The quantitative estimate of drug-likeness (QED) is 0.693. The number of para-hydroxylation sites is 1. The van der Waals surface area contributed by atoms with Crippen LogP contribution in [-0.2, 0) is 0 Å². The second-order valence-corrected chi connectivity index (χ2v) is 7.08. The molecule has 0 heterocycles. The third-order valence-electron chi connectivity index (χ3n) is 5.14. The first kappa shape index (κ1) is 19.9. The summed E-state index contributed by atoms with van der Waals surface area (Å²) in [6.07, 6.45) is 8.08. The number of nitrogens with one attached hydrogen (secondary N) is 1. The van der Waals surface area contributed by atoms with E-state index in [1.165, 1.54) is 18.4 Å². The van der Waals surface area contributed by atoms with Crippen LogP contribution in [0.2, 0.25) is 0 Å². The van der Waals surface area contributed by atoms with Gasteiger partial charge >= 0.3 is 0 Å². The minimum atomic E-state index is -0.0918. The van der Waals surface area contributed by atoms with Gasteiger partial charge in [0.25, 0.3) is 11.8 Å². The van der Waals surface area contributed by atoms with Crippen molar-refractivity contribution >= 4 is 17.5 Å². The Morgan fingerprint density at radius 1 is 0.964 bits per heavy atom. The Balaban J connectivity index is 1.58. The van der Waals surface area contributed by atoms with Gasteiger partial charge < -0.3 is 10.2 Å². The molecule has 28 heavy (non-hydrogen) atoms. The molecule has 3 rings (SSSR count). The predicted molar refractivity (Wildman–Crippen MR) is 114 cm³/mol. The van der Waals surface area contributed by atoms with E-state index in [1.54, 1.807) is 29.2 Å². The van der Waals surface area contributed by atoms with Crippen LogP contribution >= 0.6 is 0 Å². The molecule has 0 saturated carbocycles. The zero-order valence-corrected chi connectivity index (χ0v) is 16.5. The highest BCUT2D eigenvalue weighted by molar-refractivity contribution is 6.06. The van der Waals surface area contributed by atoms with E-state index >= 15 is 0 Å². The summed E-state index contributed by atoms with van der Waals surface area (Å²) in [4.78, 5) is 26.9. The standard InChI is InChI=1S/C24H28N2O2/c1-2-26(22-11-7-4-8-12-22)24(28)21-15-13-20(14-16-21)23(27)25-18-17-19-9-5-3-6-10-19/h4,7-9,11-16H,2-3,5-6,10,17-18H2,1H3,(H,25,27). The Hall–Kier alpha value is -2.88. The summed E-state index contributed by atoms with van der Waals surface area (Å²) in [6, 6.07) is 16.5. The first-order chi connectivity index (χ1) is 13.7. The van der Waals surface area contributed by atoms with E-state index in [0.717, 1.165) is 24.9 Å². The van der Waals surface area contributed by atoms with Gasteiger partial charge in [-0.1, -0.05) is 29.8 Å². The van der Waals surface area contributed by atoms with Crippen molar-refractivity contribution in [1.82, 2.24) is 5.32 Å². The lowest BCUT2D eigenvalue weighted by Gasteiger charge is -2.21. The van der Waals surface area contributed by atoms with Gasteiger partial charge in [0.1, 0.15) is 0 Å². The minimum Gasteiger partial charge on any atom is -0.352 e. The summed E-state index contributed by atoms with van der Waals surface area (Å²) >= 11 is 0. The van der Waals surface area contributed by atoms with Gasteiger partial charge in [-0.2, -0.15) is 0 Å². The molecule has 1 N–H and O–H groups in total. The molecule has 0 aromatic heterocycles. The molecule has 0 bridgehead atoms. The molecule has 1 aliphatic carbocycles. The highest BCUT2D eigenvalue weighted by Crippen LogP contribution is 2.20. The maximum Gasteiger partial charge on any atom is 0.258 e. The number of hydrogen-bond acceptors (Lipinski definition) is 2. The average Bonchev–Trinajstić information content (AvgIpc) is 2.76. The molecule has 2 aromatic carbocycles. The van der Waals surface area contributed by atoms with Gasteiger partial charge in [-0.15, -0.1) is 0 Å². The molecule has 0 spiro atoms. The van der Waals surface area contributed by atoms with Gasteiger partial charge in [0, 0.05) is 29.9 Å². The van der Waals surface area contributed by atoms with Crippen LogP contribution in [0.3, 0.4) is 0 Å². The molecule has 4 nitrogen and oxygen atoms in total. The maximum atomic E-state index is 12.8. The number of amides is 2. The van der Waals surface area contributed by atoms with Crippen molar-refractivity contribution in [2.24, 2.45) is 0 Å². The Kier molecular flexibility index (Phi) is 7.01. The summed E-state index contributed by atoms with van der Waals surface area (Å²) in [7, 11) is 0. The molecule has 4 heteroatoms.